The Morgan fingerprint density at radius 1 is 1.61 bits per heavy atom. The normalized spacial score (nSPS) is 18.9. The quantitative estimate of drug-likeness (QED) is 0.846. The second-order valence-corrected chi connectivity index (χ2v) is 4.88. The monoisotopic (exact) mass is 271 g/mol. The van der Waals surface area contributed by atoms with E-state index in [2.05, 4.69) is 0 Å². The zero-order valence-electron chi connectivity index (χ0n) is 10.2. The maximum Gasteiger partial charge on any atom is 0.256 e. The average molecular weight is 272 g/mol. The van der Waals surface area contributed by atoms with Crippen LogP contribution in [0.5, 0.6) is 0 Å². The molecule has 1 fully saturated rings. The molecular weight excluding hydrogens is 257 g/mol. The van der Waals surface area contributed by atoms with Crippen molar-refractivity contribution < 1.29 is 13.9 Å². The number of ether oxygens (including phenoxy) is 1. The summed E-state index contributed by atoms with van der Waals surface area (Å²) < 4.78 is 19.0. The number of halogens is 2. The predicted octanol–water partition coefficient (Wildman–Crippen LogP) is 2.73. The van der Waals surface area contributed by atoms with Crippen molar-refractivity contribution in [3.63, 3.8) is 0 Å². The van der Waals surface area contributed by atoms with Gasteiger partial charge in [-0.2, -0.15) is 0 Å². The first-order chi connectivity index (χ1) is 8.58. The van der Waals surface area contributed by atoms with Crippen molar-refractivity contribution in [1.29, 1.82) is 0 Å². The van der Waals surface area contributed by atoms with Gasteiger partial charge in [-0.25, -0.2) is 4.39 Å². The third kappa shape index (κ3) is 3.00. The molecular formula is C13H15ClFNO2. The molecule has 18 heavy (non-hydrogen) atoms. The van der Waals surface area contributed by atoms with Crippen LogP contribution in [0.2, 0.25) is 5.02 Å². The maximum atomic E-state index is 13.6. The van der Waals surface area contributed by atoms with Gasteiger partial charge < -0.3 is 9.64 Å². The van der Waals surface area contributed by atoms with E-state index in [0.717, 1.165) is 19.4 Å². The van der Waals surface area contributed by atoms with Crippen LogP contribution in [0.15, 0.2) is 18.2 Å². The van der Waals surface area contributed by atoms with E-state index in [0.29, 0.717) is 11.6 Å². The molecule has 0 bridgehead atoms. The number of hydrogen-bond acceptors (Lipinski definition) is 2. The number of carbonyl (C=O) groups is 1. The highest BCUT2D eigenvalue weighted by Gasteiger charge is 2.22. The molecule has 2 rings (SSSR count). The summed E-state index contributed by atoms with van der Waals surface area (Å²) in [4.78, 5) is 13.6. The minimum Gasteiger partial charge on any atom is -0.376 e. The summed E-state index contributed by atoms with van der Waals surface area (Å²) in [5, 5.41) is 0.352. The number of carbonyl (C=O) groups excluding carboxylic acids is 1. The Morgan fingerprint density at radius 2 is 2.39 bits per heavy atom. The Morgan fingerprint density at radius 3 is 3.06 bits per heavy atom. The first-order valence-electron chi connectivity index (χ1n) is 5.90. The van der Waals surface area contributed by atoms with Crippen LogP contribution >= 0.6 is 11.6 Å². The van der Waals surface area contributed by atoms with Crippen molar-refractivity contribution >= 4 is 17.5 Å². The second-order valence-electron chi connectivity index (χ2n) is 4.44. The highest BCUT2D eigenvalue weighted by molar-refractivity contribution is 6.30. The molecule has 0 radical (unpaired) electrons. The van der Waals surface area contributed by atoms with Gasteiger partial charge in [0.25, 0.3) is 5.91 Å². The van der Waals surface area contributed by atoms with Crippen LogP contribution < -0.4 is 0 Å². The van der Waals surface area contributed by atoms with Crippen molar-refractivity contribution in [2.75, 3.05) is 20.2 Å². The number of benzene rings is 1. The fourth-order valence-corrected chi connectivity index (χ4v) is 2.22. The number of rotatable bonds is 3. The van der Waals surface area contributed by atoms with Gasteiger partial charge in [0.1, 0.15) is 5.82 Å². The van der Waals surface area contributed by atoms with E-state index in [4.69, 9.17) is 16.3 Å². The van der Waals surface area contributed by atoms with Crippen LogP contribution in [-0.2, 0) is 4.74 Å². The van der Waals surface area contributed by atoms with E-state index in [9.17, 15) is 9.18 Å². The lowest BCUT2D eigenvalue weighted by Gasteiger charge is -2.21. The minimum absolute atomic E-state index is 0.00277. The molecule has 1 unspecified atom stereocenters. The number of likely N-dealkylation sites (N-methyl/N-ethyl adjacent to an activating group) is 1. The lowest BCUT2D eigenvalue weighted by Crippen LogP contribution is -2.34. The maximum absolute atomic E-state index is 13.6. The van der Waals surface area contributed by atoms with E-state index < -0.39 is 5.82 Å². The van der Waals surface area contributed by atoms with E-state index in [1.807, 2.05) is 0 Å². The molecule has 98 valence electrons. The third-order valence-corrected chi connectivity index (χ3v) is 3.24. The lowest BCUT2D eigenvalue weighted by molar-refractivity contribution is 0.0583. The summed E-state index contributed by atoms with van der Waals surface area (Å²) >= 11 is 5.77. The van der Waals surface area contributed by atoms with Crippen molar-refractivity contribution in [2.45, 2.75) is 18.9 Å². The molecule has 5 heteroatoms. The van der Waals surface area contributed by atoms with Crippen LogP contribution in [0.1, 0.15) is 23.2 Å². The molecule has 0 N–H and O–H groups in total. The van der Waals surface area contributed by atoms with E-state index >= 15 is 0 Å². The van der Waals surface area contributed by atoms with Gasteiger partial charge in [-0.05, 0) is 31.0 Å². The zero-order chi connectivity index (χ0) is 13.1. The van der Waals surface area contributed by atoms with Crippen molar-refractivity contribution in [3.05, 3.63) is 34.6 Å². The van der Waals surface area contributed by atoms with Crippen molar-refractivity contribution in [1.82, 2.24) is 4.90 Å². The minimum atomic E-state index is -0.552. The summed E-state index contributed by atoms with van der Waals surface area (Å²) in [5.41, 5.74) is 0.00277. The van der Waals surface area contributed by atoms with Crippen molar-refractivity contribution in [2.24, 2.45) is 0 Å². The second kappa shape index (κ2) is 5.67. The van der Waals surface area contributed by atoms with E-state index in [1.165, 1.54) is 23.1 Å². The van der Waals surface area contributed by atoms with Crippen LogP contribution in [0.25, 0.3) is 0 Å². The molecule has 1 amide bonds. The van der Waals surface area contributed by atoms with Crippen molar-refractivity contribution in [3.8, 4) is 0 Å². The zero-order valence-corrected chi connectivity index (χ0v) is 10.9. The first-order valence-corrected chi connectivity index (χ1v) is 6.28. The van der Waals surface area contributed by atoms with Crippen LogP contribution in [-0.4, -0.2) is 37.1 Å². The highest BCUT2D eigenvalue weighted by atomic mass is 35.5. The molecule has 1 aromatic carbocycles. The molecule has 1 aromatic rings. The van der Waals surface area contributed by atoms with Gasteiger partial charge in [0, 0.05) is 25.2 Å². The Kier molecular flexibility index (Phi) is 4.19. The van der Waals surface area contributed by atoms with Gasteiger partial charge in [-0.3, -0.25) is 4.79 Å². The standard InChI is InChI=1S/C13H15ClFNO2/c1-16(8-10-3-2-6-18-10)13(17)11-7-9(14)4-5-12(11)15/h4-5,7,10H,2-3,6,8H2,1H3. The average Bonchev–Trinajstić information content (AvgIpc) is 2.84. The number of nitrogens with zero attached hydrogens (tertiary/aromatic N) is 1. The third-order valence-electron chi connectivity index (χ3n) is 3.01. The highest BCUT2D eigenvalue weighted by Crippen LogP contribution is 2.18. The largest absolute Gasteiger partial charge is 0.376 e. The van der Waals surface area contributed by atoms with Gasteiger partial charge >= 0.3 is 0 Å². The number of hydrogen-bond donors (Lipinski definition) is 0. The predicted molar refractivity (Wildman–Crippen MR) is 67.3 cm³/mol. The smallest absolute Gasteiger partial charge is 0.256 e. The Balaban J connectivity index is 2.07. The van der Waals surface area contributed by atoms with Crippen LogP contribution in [0.4, 0.5) is 4.39 Å². The summed E-state index contributed by atoms with van der Waals surface area (Å²) in [6, 6.07) is 3.98. The summed E-state index contributed by atoms with van der Waals surface area (Å²) in [6.07, 6.45) is 2.01. The lowest BCUT2D eigenvalue weighted by atomic mass is 10.1. The van der Waals surface area contributed by atoms with E-state index in [1.54, 1.807) is 7.05 Å². The summed E-state index contributed by atoms with van der Waals surface area (Å²) in [5.74, 6) is -0.922. The molecule has 0 aromatic heterocycles. The molecule has 3 nitrogen and oxygen atoms in total. The topological polar surface area (TPSA) is 29.5 Å². The van der Waals surface area contributed by atoms with Crippen LogP contribution in [0, 0.1) is 5.82 Å². The van der Waals surface area contributed by atoms with Gasteiger partial charge in [0.2, 0.25) is 0 Å². The SMILES string of the molecule is CN(CC1CCCO1)C(=O)c1cc(Cl)ccc1F. The molecule has 1 aliphatic heterocycles. The van der Waals surface area contributed by atoms with Gasteiger partial charge in [0.05, 0.1) is 11.7 Å². The van der Waals surface area contributed by atoms with Gasteiger partial charge in [0.15, 0.2) is 0 Å². The molecule has 1 atom stereocenters. The fraction of sp³-hybridized carbons (Fsp3) is 0.462. The number of amides is 1. The Bertz CT molecular complexity index is 447. The molecule has 1 heterocycles. The molecule has 0 aliphatic carbocycles. The molecule has 0 saturated carbocycles. The Labute approximate surface area is 110 Å². The fourth-order valence-electron chi connectivity index (χ4n) is 2.04. The van der Waals surface area contributed by atoms with Gasteiger partial charge in [-0.1, -0.05) is 11.6 Å². The molecule has 1 saturated heterocycles. The summed E-state index contributed by atoms with van der Waals surface area (Å²) in [7, 11) is 1.64. The van der Waals surface area contributed by atoms with Gasteiger partial charge in [-0.15, -0.1) is 0 Å². The molecule has 1 aliphatic rings. The van der Waals surface area contributed by atoms with Crippen LogP contribution in [0.3, 0.4) is 0 Å². The Hall–Kier alpha value is -1.13. The summed E-state index contributed by atoms with van der Waals surface area (Å²) in [6.45, 7) is 1.21. The first kappa shape index (κ1) is 13.3. The van der Waals surface area contributed by atoms with E-state index in [-0.39, 0.29) is 17.6 Å². The molecule has 0 spiro atoms.